The van der Waals surface area contributed by atoms with Crippen LogP contribution in [0.2, 0.25) is 0 Å². The zero-order valence-corrected chi connectivity index (χ0v) is 9.67. The third-order valence-electron chi connectivity index (χ3n) is 3.03. The molecule has 18 heavy (non-hydrogen) atoms. The molecule has 1 aliphatic heterocycles. The highest BCUT2D eigenvalue weighted by molar-refractivity contribution is 5.76. The van der Waals surface area contributed by atoms with Gasteiger partial charge in [0.1, 0.15) is 5.82 Å². The zero-order valence-electron chi connectivity index (χ0n) is 9.67. The fourth-order valence-corrected chi connectivity index (χ4v) is 1.96. The molecule has 1 aliphatic rings. The smallest absolute Gasteiger partial charge is 0.407 e. The monoisotopic (exact) mass is 252 g/mol. The van der Waals surface area contributed by atoms with E-state index in [2.05, 4.69) is 0 Å². The fourth-order valence-electron chi connectivity index (χ4n) is 1.96. The van der Waals surface area contributed by atoms with E-state index >= 15 is 0 Å². The summed E-state index contributed by atoms with van der Waals surface area (Å²) in [6.45, 7) is 1.83. The molecule has 0 aliphatic carbocycles. The lowest BCUT2D eigenvalue weighted by Gasteiger charge is -2.34. The highest BCUT2D eigenvalue weighted by atomic mass is 19.1. The van der Waals surface area contributed by atoms with E-state index in [4.69, 9.17) is 5.11 Å². The van der Waals surface area contributed by atoms with Crippen LogP contribution in [-0.2, 0) is 0 Å². The van der Waals surface area contributed by atoms with Gasteiger partial charge in [-0.25, -0.2) is 9.18 Å². The summed E-state index contributed by atoms with van der Waals surface area (Å²) in [7, 11) is 0. The summed E-state index contributed by atoms with van der Waals surface area (Å²) in [6.07, 6.45) is -0.460. The first-order valence-electron chi connectivity index (χ1n) is 5.59. The second-order valence-corrected chi connectivity index (χ2v) is 4.08. The summed E-state index contributed by atoms with van der Waals surface area (Å²) in [5, 5.41) is 8.82. The Morgan fingerprint density at radius 1 is 1.28 bits per heavy atom. The highest BCUT2D eigenvalue weighted by Crippen LogP contribution is 2.19. The number of aldehydes is 1. The van der Waals surface area contributed by atoms with Gasteiger partial charge in [0, 0.05) is 31.9 Å². The van der Waals surface area contributed by atoms with Crippen molar-refractivity contribution < 1.29 is 19.1 Å². The first kappa shape index (κ1) is 12.3. The molecule has 0 saturated carbocycles. The summed E-state index contributed by atoms with van der Waals surface area (Å²) in [5.41, 5.74) is 0.700. The van der Waals surface area contributed by atoms with E-state index in [1.54, 1.807) is 6.07 Å². The molecule has 1 N–H and O–H groups in total. The Hall–Kier alpha value is -2.11. The number of nitrogens with zero attached hydrogens (tertiary/aromatic N) is 2. The Balaban J connectivity index is 2.08. The average Bonchev–Trinajstić information content (AvgIpc) is 2.38. The largest absolute Gasteiger partial charge is 0.465 e. The van der Waals surface area contributed by atoms with Crippen LogP contribution >= 0.6 is 0 Å². The van der Waals surface area contributed by atoms with E-state index in [1.165, 1.54) is 17.0 Å². The standard InChI is InChI=1S/C12H13FN2O3/c13-11-7-10(2-1-9(11)8-16)14-3-5-15(6-4-14)12(17)18/h1-2,7-8H,3-6H2,(H,17,18). The van der Waals surface area contributed by atoms with E-state index in [9.17, 15) is 14.0 Å². The third-order valence-corrected chi connectivity index (χ3v) is 3.03. The second kappa shape index (κ2) is 5.03. The van der Waals surface area contributed by atoms with Crippen LogP contribution in [0.3, 0.4) is 0 Å². The van der Waals surface area contributed by atoms with Crippen LogP contribution in [0.1, 0.15) is 10.4 Å². The Morgan fingerprint density at radius 2 is 1.94 bits per heavy atom. The molecule has 6 heteroatoms. The molecule has 2 rings (SSSR count). The number of carboxylic acid groups (broad SMARTS) is 1. The number of hydrogen-bond donors (Lipinski definition) is 1. The Morgan fingerprint density at radius 3 is 2.44 bits per heavy atom. The number of anilines is 1. The van der Waals surface area contributed by atoms with Gasteiger partial charge >= 0.3 is 6.09 Å². The Kier molecular flexibility index (Phi) is 3.45. The summed E-state index contributed by atoms with van der Waals surface area (Å²) < 4.78 is 13.4. The first-order valence-corrected chi connectivity index (χ1v) is 5.59. The predicted octanol–water partition coefficient (Wildman–Crippen LogP) is 1.44. The van der Waals surface area contributed by atoms with Crippen LogP contribution in [0.15, 0.2) is 18.2 Å². The SMILES string of the molecule is O=Cc1ccc(N2CCN(C(=O)O)CC2)cc1F. The van der Waals surface area contributed by atoms with Gasteiger partial charge in [0.25, 0.3) is 0 Å². The number of hydrogen-bond acceptors (Lipinski definition) is 3. The van der Waals surface area contributed by atoms with Crippen LogP contribution in [0.5, 0.6) is 0 Å². The van der Waals surface area contributed by atoms with Gasteiger partial charge < -0.3 is 14.9 Å². The number of halogens is 1. The summed E-state index contributed by atoms with van der Waals surface area (Å²) >= 11 is 0. The minimum absolute atomic E-state index is 0.0305. The van der Waals surface area contributed by atoms with Crippen molar-refractivity contribution in [3.63, 3.8) is 0 Å². The number of benzene rings is 1. The number of carbonyl (C=O) groups is 2. The average molecular weight is 252 g/mol. The molecule has 0 radical (unpaired) electrons. The lowest BCUT2D eigenvalue weighted by Crippen LogP contribution is -2.48. The predicted molar refractivity (Wildman–Crippen MR) is 63.6 cm³/mol. The lowest BCUT2D eigenvalue weighted by atomic mass is 10.2. The van der Waals surface area contributed by atoms with Crippen molar-refractivity contribution in [2.45, 2.75) is 0 Å². The molecular formula is C12H13FN2O3. The van der Waals surface area contributed by atoms with Gasteiger partial charge in [-0.15, -0.1) is 0 Å². The van der Waals surface area contributed by atoms with Crippen molar-refractivity contribution in [2.24, 2.45) is 0 Å². The van der Waals surface area contributed by atoms with Crippen LogP contribution in [0, 0.1) is 5.82 Å². The minimum atomic E-state index is -0.933. The second-order valence-electron chi connectivity index (χ2n) is 4.08. The van der Waals surface area contributed by atoms with Crippen LogP contribution in [0.4, 0.5) is 14.9 Å². The van der Waals surface area contributed by atoms with Crippen LogP contribution in [-0.4, -0.2) is 48.6 Å². The van der Waals surface area contributed by atoms with Gasteiger partial charge in [0.15, 0.2) is 6.29 Å². The molecule has 1 aromatic rings. The maximum atomic E-state index is 13.4. The number of rotatable bonds is 2. The molecule has 0 spiro atoms. The van der Waals surface area contributed by atoms with Crippen LogP contribution in [0.25, 0.3) is 0 Å². The van der Waals surface area contributed by atoms with Gasteiger partial charge in [-0.3, -0.25) is 4.79 Å². The Labute approximate surface area is 103 Å². The highest BCUT2D eigenvalue weighted by Gasteiger charge is 2.20. The number of piperazine rings is 1. The van der Waals surface area contributed by atoms with E-state index in [1.807, 2.05) is 4.90 Å². The molecule has 0 unspecified atom stereocenters. The summed E-state index contributed by atoms with van der Waals surface area (Å²) in [6, 6.07) is 4.41. The maximum Gasteiger partial charge on any atom is 0.407 e. The van der Waals surface area contributed by atoms with E-state index in [-0.39, 0.29) is 5.56 Å². The molecular weight excluding hydrogens is 239 g/mol. The van der Waals surface area contributed by atoms with Gasteiger partial charge in [-0.2, -0.15) is 0 Å². The molecule has 5 nitrogen and oxygen atoms in total. The molecule has 96 valence electrons. The number of amides is 1. The summed E-state index contributed by atoms with van der Waals surface area (Å²) in [4.78, 5) is 24.5. The molecule has 1 aromatic carbocycles. The maximum absolute atomic E-state index is 13.4. The molecule has 0 aromatic heterocycles. The quantitative estimate of drug-likeness (QED) is 0.809. The van der Waals surface area contributed by atoms with Gasteiger partial charge in [-0.05, 0) is 18.2 Å². The van der Waals surface area contributed by atoms with E-state index < -0.39 is 11.9 Å². The van der Waals surface area contributed by atoms with Crippen molar-refractivity contribution in [2.75, 3.05) is 31.1 Å². The van der Waals surface area contributed by atoms with Gasteiger partial charge in [0.2, 0.25) is 0 Å². The third kappa shape index (κ3) is 2.42. The molecule has 0 bridgehead atoms. The topological polar surface area (TPSA) is 60.9 Å². The van der Waals surface area contributed by atoms with Crippen LogP contribution < -0.4 is 4.90 Å². The van der Waals surface area contributed by atoms with E-state index in [0.29, 0.717) is 38.2 Å². The van der Waals surface area contributed by atoms with Crippen molar-refractivity contribution in [1.29, 1.82) is 0 Å². The molecule has 1 amide bonds. The Bertz CT molecular complexity index is 470. The normalized spacial score (nSPS) is 15.6. The zero-order chi connectivity index (χ0) is 13.1. The fraction of sp³-hybridized carbons (Fsp3) is 0.333. The molecule has 0 atom stereocenters. The summed E-state index contributed by atoms with van der Waals surface area (Å²) in [5.74, 6) is -0.553. The first-order chi connectivity index (χ1) is 8.61. The van der Waals surface area contributed by atoms with Gasteiger partial charge in [0.05, 0.1) is 5.56 Å². The molecule has 1 saturated heterocycles. The van der Waals surface area contributed by atoms with Crippen molar-refractivity contribution in [3.05, 3.63) is 29.6 Å². The van der Waals surface area contributed by atoms with Crippen molar-refractivity contribution in [1.82, 2.24) is 4.90 Å². The van der Waals surface area contributed by atoms with Crippen molar-refractivity contribution in [3.8, 4) is 0 Å². The minimum Gasteiger partial charge on any atom is -0.465 e. The van der Waals surface area contributed by atoms with Crippen molar-refractivity contribution >= 4 is 18.1 Å². The number of carbonyl (C=O) groups excluding carboxylic acids is 1. The van der Waals surface area contributed by atoms with E-state index in [0.717, 1.165) is 0 Å². The van der Waals surface area contributed by atoms with Gasteiger partial charge in [-0.1, -0.05) is 0 Å². The molecule has 1 heterocycles. The molecule has 1 fully saturated rings. The lowest BCUT2D eigenvalue weighted by molar-refractivity contribution is 0.111.